The summed E-state index contributed by atoms with van der Waals surface area (Å²) in [7, 11) is 0. The maximum atomic E-state index is 12.3. The number of rotatable bonds is 7. The molecule has 0 aliphatic carbocycles. The number of nitrogens with two attached hydrogens (primary N) is 1. The smallest absolute Gasteiger partial charge is 0.322 e. The van der Waals surface area contributed by atoms with Gasteiger partial charge in [0.25, 0.3) is 5.91 Å². The van der Waals surface area contributed by atoms with E-state index in [9.17, 15) is 4.79 Å². The first kappa shape index (κ1) is 17.6. The van der Waals surface area contributed by atoms with Crippen molar-refractivity contribution in [1.82, 2.24) is 15.3 Å². The van der Waals surface area contributed by atoms with Crippen molar-refractivity contribution in [3.05, 3.63) is 83.7 Å². The Bertz CT molecular complexity index is 868. The Morgan fingerprint density at radius 3 is 2.73 bits per heavy atom. The zero-order valence-electron chi connectivity index (χ0n) is 14.3. The molecule has 0 aliphatic rings. The highest BCUT2D eigenvalue weighted by molar-refractivity contribution is 5.94. The second kappa shape index (κ2) is 8.73. The molecule has 0 unspecified atom stereocenters. The number of benzene rings is 2. The fourth-order valence-corrected chi connectivity index (χ4v) is 2.41. The minimum absolute atomic E-state index is 0.150. The second-order valence-corrected chi connectivity index (χ2v) is 5.66. The van der Waals surface area contributed by atoms with Crippen molar-refractivity contribution in [2.45, 2.75) is 13.0 Å². The number of carbonyl (C=O) groups excluding carboxylic acids is 1. The van der Waals surface area contributed by atoms with E-state index in [0.717, 1.165) is 6.42 Å². The third-order valence-corrected chi connectivity index (χ3v) is 3.75. The zero-order chi connectivity index (χ0) is 18.2. The SMILES string of the molecule is NCc1ccnc(Oc2cccc(C(=O)NCCc3ccccc3)c2)n1. The second-order valence-electron chi connectivity index (χ2n) is 5.66. The van der Waals surface area contributed by atoms with Crippen molar-refractivity contribution in [3.8, 4) is 11.8 Å². The molecule has 0 saturated carbocycles. The van der Waals surface area contributed by atoms with Gasteiger partial charge in [0, 0.05) is 24.8 Å². The highest BCUT2D eigenvalue weighted by atomic mass is 16.5. The number of hydrogen-bond donors (Lipinski definition) is 2. The summed E-state index contributed by atoms with van der Waals surface area (Å²) in [6.45, 7) is 0.873. The van der Waals surface area contributed by atoms with Crippen molar-refractivity contribution in [1.29, 1.82) is 0 Å². The largest absolute Gasteiger partial charge is 0.424 e. The minimum atomic E-state index is -0.150. The molecule has 26 heavy (non-hydrogen) atoms. The summed E-state index contributed by atoms with van der Waals surface area (Å²) in [5, 5.41) is 2.91. The molecule has 0 spiro atoms. The Labute approximate surface area is 152 Å². The molecule has 0 atom stereocenters. The average molecular weight is 348 g/mol. The van der Waals surface area contributed by atoms with Crippen molar-refractivity contribution in [2.75, 3.05) is 6.54 Å². The molecule has 3 aromatic rings. The Kier molecular flexibility index (Phi) is 5.90. The number of hydrogen-bond acceptors (Lipinski definition) is 5. The van der Waals surface area contributed by atoms with Crippen LogP contribution in [0.2, 0.25) is 0 Å². The van der Waals surface area contributed by atoms with Crippen LogP contribution in [0.4, 0.5) is 0 Å². The Morgan fingerprint density at radius 2 is 1.92 bits per heavy atom. The normalized spacial score (nSPS) is 10.3. The maximum Gasteiger partial charge on any atom is 0.322 e. The number of carbonyl (C=O) groups is 1. The van der Waals surface area contributed by atoms with Crippen molar-refractivity contribution < 1.29 is 9.53 Å². The summed E-state index contributed by atoms with van der Waals surface area (Å²) in [5.41, 5.74) is 7.95. The molecule has 2 aromatic carbocycles. The van der Waals surface area contributed by atoms with Crippen LogP contribution in [0.25, 0.3) is 0 Å². The van der Waals surface area contributed by atoms with E-state index in [1.807, 2.05) is 30.3 Å². The van der Waals surface area contributed by atoms with Gasteiger partial charge in [-0.25, -0.2) is 4.98 Å². The van der Waals surface area contributed by atoms with Gasteiger partial charge in [-0.15, -0.1) is 0 Å². The predicted octanol–water partition coefficient (Wildman–Crippen LogP) is 2.70. The number of ether oxygens (including phenoxy) is 1. The Morgan fingerprint density at radius 1 is 1.08 bits per heavy atom. The van der Waals surface area contributed by atoms with Gasteiger partial charge in [-0.2, -0.15) is 4.98 Å². The first-order chi connectivity index (χ1) is 12.7. The molecule has 3 rings (SSSR count). The lowest BCUT2D eigenvalue weighted by Crippen LogP contribution is -2.25. The molecule has 0 bridgehead atoms. The van der Waals surface area contributed by atoms with E-state index in [0.29, 0.717) is 30.1 Å². The number of nitrogens with zero attached hydrogens (tertiary/aromatic N) is 2. The first-order valence-electron chi connectivity index (χ1n) is 8.36. The Hall–Kier alpha value is -3.25. The minimum Gasteiger partial charge on any atom is -0.424 e. The van der Waals surface area contributed by atoms with Crippen LogP contribution in [0.3, 0.4) is 0 Å². The first-order valence-corrected chi connectivity index (χ1v) is 8.36. The molecular weight excluding hydrogens is 328 g/mol. The lowest BCUT2D eigenvalue weighted by molar-refractivity contribution is 0.0954. The zero-order valence-corrected chi connectivity index (χ0v) is 14.3. The fraction of sp³-hybridized carbons (Fsp3) is 0.150. The molecule has 6 nitrogen and oxygen atoms in total. The third-order valence-electron chi connectivity index (χ3n) is 3.75. The topological polar surface area (TPSA) is 90.1 Å². The van der Waals surface area contributed by atoms with E-state index in [4.69, 9.17) is 10.5 Å². The molecule has 1 amide bonds. The van der Waals surface area contributed by atoms with Crippen molar-refractivity contribution in [3.63, 3.8) is 0 Å². The van der Waals surface area contributed by atoms with Crippen LogP contribution in [-0.4, -0.2) is 22.4 Å². The van der Waals surface area contributed by atoms with Gasteiger partial charge in [-0.05, 0) is 36.2 Å². The Balaban J connectivity index is 1.60. The van der Waals surface area contributed by atoms with Crippen molar-refractivity contribution >= 4 is 5.91 Å². The monoisotopic (exact) mass is 348 g/mol. The van der Waals surface area contributed by atoms with Gasteiger partial charge in [0.2, 0.25) is 0 Å². The highest BCUT2D eigenvalue weighted by Crippen LogP contribution is 2.19. The van der Waals surface area contributed by atoms with Crippen LogP contribution in [0.5, 0.6) is 11.8 Å². The van der Waals surface area contributed by atoms with E-state index in [1.54, 1.807) is 36.5 Å². The number of nitrogens with one attached hydrogen (secondary N) is 1. The van der Waals surface area contributed by atoms with E-state index < -0.39 is 0 Å². The standard InChI is InChI=1S/C20H20N4O2/c21-14-17-10-12-23-20(24-17)26-18-8-4-7-16(13-18)19(25)22-11-9-15-5-2-1-3-6-15/h1-8,10,12-13H,9,11,14,21H2,(H,22,25). The quantitative estimate of drug-likeness (QED) is 0.685. The molecule has 0 saturated heterocycles. The lowest BCUT2D eigenvalue weighted by atomic mass is 10.1. The van der Waals surface area contributed by atoms with Gasteiger partial charge in [0.15, 0.2) is 0 Å². The molecule has 1 heterocycles. The van der Waals surface area contributed by atoms with Crippen LogP contribution < -0.4 is 15.8 Å². The molecule has 0 fully saturated rings. The molecule has 1 aromatic heterocycles. The molecule has 132 valence electrons. The van der Waals surface area contributed by atoms with Crippen LogP contribution in [0.15, 0.2) is 66.9 Å². The lowest BCUT2D eigenvalue weighted by Gasteiger charge is -2.08. The molecule has 6 heteroatoms. The fourth-order valence-electron chi connectivity index (χ4n) is 2.41. The summed E-state index contributed by atoms with van der Waals surface area (Å²) in [6, 6.07) is 18.9. The van der Waals surface area contributed by atoms with E-state index >= 15 is 0 Å². The van der Waals surface area contributed by atoms with Crippen LogP contribution in [0, 0.1) is 0 Å². The van der Waals surface area contributed by atoms with Crippen LogP contribution >= 0.6 is 0 Å². The number of aromatic nitrogens is 2. The molecule has 3 N–H and O–H groups in total. The molecule has 0 radical (unpaired) electrons. The van der Waals surface area contributed by atoms with Gasteiger partial charge in [-0.3, -0.25) is 4.79 Å². The summed E-state index contributed by atoms with van der Waals surface area (Å²) in [5.74, 6) is 0.345. The third kappa shape index (κ3) is 4.87. The van der Waals surface area contributed by atoms with E-state index in [-0.39, 0.29) is 11.9 Å². The van der Waals surface area contributed by atoms with Crippen molar-refractivity contribution in [2.24, 2.45) is 5.73 Å². The van der Waals surface area contributed by atoms with Crippen LogP contribution in [0.1, 0.15) is 21.6 Å². The van der Waals surface area contributed by atoms with E-state index in [1.165, 1.54) is 5.56 Å². The molecule has 0 aliphatic heterocycles. The summed E-state index contributed by atoms with van der Waals surface area (Å²) in [6.07, 6.45) is 2.37. The van der Waals surface area contributed by atoms with E-state index in [2.05, 4.69) is 15.3 Å². The average Bonchev–Trinajstić information content (AvgIpc) is 2.69. The maximum absolute atomic E-state index is 12.3. The van der Waals surface area contributed by atoms with Gasteiger partial charge in [0.1, 0.15) is 5.75 Å². The van der Waals surface area contributed by atoms with Gasteiger partial charge < -0.3 is 15.8 Å². The van der Waals surface area contributed by atoms with Gasteiger partial charge in [0.05, 0.1) is 5.69 Å². The molecular formula is C20H20N4O2. The highest BCUT2D eigenvalue weighted by Gasteiger charge is 2.08. The van der Waals surface area contributed by atoms with Crippen LogP contribution in [-0.2, 0) is 13.0 Å². The summed E-state index contributed by atoms with van der Waals surface area (Å²) >= 11 is 0. The van der Waals surface area contributed by atoms with Gasteiger partial charge >= 0.3 is 6.01 Å². The predicted molar refractivity (Wildman–Crippen MR) is 98.9 cm³/mol. The summed E-state index contributed by atoms with van der Waals surface area (Å²) < 4.78 is 5.63. The van der Waals surface area contributed by atoms with Gasteiger partial charge in [-0.1, -0.05) is 36.4 Å². The summed E-state index contributed by atoms with van der Waals surface area (Å²) in [4.78, 5) is 20.6. The number of amides is 1.